The van der Waals surface area contributed by atoms with Crippen molar-refractivity contribution in [2.24, 2.45) is 0 Å². The molecule has 2 aromatic carbocycles. The second-order valence-corrected chi connectivity index (χ2v) is 5.64. The number of carbonyl (C=O) groups excluding carboxylic acids is 2. The Balaban J connectivity index is 1.85. The van der Waals surface area contributed by atoms with Crippen molar-refractivity contribution in [2.45, 2.75) is 19.1 Å². The lowest BCUT2D eigenvalue weighted by Crippen LogP contribution is -2.37. The van der Waals surface area contributed by atoms with E-state index in [4.69, 9.17) is 27.9 Å². The summed E-state index contributed by atoms with van der Waals surface area (Å²) >= 11 is 11.7. The minimum atomic E-state index is -0.765. The van der Waals surface area contributed by atoms with Crippen molar-refractivity contribution in [3.8, 4) is 0 Å². The Morgan fingerprint density at radius 2 is 1.83 bits per heavy atom. The molecule has 0 saturated heterocycles. The van der Waals surface area contributed by atoms with Crippen molar-refractivity contribution >= 4 is 35.6 Å². The molecule has 2 aromatic rings. The fraction of sp³-hybridized carbons (Fsp3) is 0.176. The van der Waals surface area contributed by atoms with Gasteiger partial charge in [0.05, 0.1) is 10.0 Å². The minimum absolute atomic E-state index is 0.0274. The van der Waals surface area contributed by atoms with Gasteiger partial charge in [-0.1, -0.05) is 59.6 Å². The molecule has 119 valence electrons. The van der Waals surface area contributed by atoms with Crippen LogP contribution in [0.5, 0.6) is 0 Å². The maximum absolute atomic E-state index is 11.8. The Morgan fingerprint density at radius 3 is 2.48 bits per heavy atom. The number of rotatable bonds is 6. The van der Waals surface area contributed by atoms with Crippen LogP contribution in [0, 0.1) is 0 Å². The Bertz CT molecular complexity index is 677. The summed E-state index contributed by atoms with van der Waals surface area (Å²) in [6.45, 7) is 0.0274. The van der Waals surface area contributed by atoms with E-state index in [0.29, 0.717) is 22.0 Å². The van der Waals surface area contributed by atoms with Gasteiger partial charge in [0.2, 0.25) is 6.29 Å². The predicted molar refractivity (Wildman–Crippen MR) is 89.4 cm³/mol. The molecule has 1 amide bonds. The first kappa shape index (κ1) is 17.3. The first-order chi connectivity index (χ1) is 11.1. The Hall–Kier alpha value is -2.04. The molecule has 4 nitrogen and oxygen atoms in total. The summed E-state index contributed by atoms with van der Waals surface area (Å²) in [5, 5.41) is 3.28. The molecule has 0 aromatic heterocycles. The first-order valence-corrected chi connectivity index (χ1v) is 7.63. The fourth-order valence-corrected chi connectivity index (χ4v) is 2.25. The molecule has 0 heterocycles. The van der Waals surface area contributed by atoms with Crippen LogP contribution in [0.25, 0.3) is 0 Å². The molecular formula is C17H14Cl2NO3. The van der Waals surface area contributed by atoms with Crippen molar-refractivity contribution in [1.29, 1.82) is 0 Å². The number of amides is 1. The van der Waals surface area contributed by atoms with E-state index in [1.54, 1.807) is 24.5 Å². The normalized spacial score (nSPS) is 11.6. The van der Waals surface area contributed by atoms with Gasteiger partial charge in [0, 0.05) is 6.42 Å². The Morgan fingerprint density at radius 1 is 1.09 bits per heavy atom. The average Bonchev–Trinajstić information content (AvgIpc) is 2.56. The van der Waals surface area contributed by atoms with Crippen LogP contribution in [0.1, 0.15) is 11.1 Å². The highest BCUT2D eigenvalue weighted by molar-refractivity contribution is 6.42. The maximum atomic E-state index is 11.8. The van der Waals surface area contributed by atoms with E-state index in [1.165, 1.54) is 0 Å². The molecule has 0 bridgehead atoms. The molecule has 1 N–H and O–H groups in total. The summed E-state index contributed by atoms with van der Waals surface area (Å²) in [6, 6.07) is 13.5. The molecule has 0 saturated carbocycles. The lowest BCUT2D eigenvalue weighted by Gasteiger charge is -2.12. The summed E-state index contributed by atoms with van der Waals surface area (Å²) in [6.07, 6.45) is 1.45. The lowest BCUT2D eigenvalue weighted by atomic mass is 10.1. The summed E-state index contributed by atoms with van der Waals surface area (Å²) in [5.74, 6) is 0. The van der Waals surface area contributed by atoms with Crippen LogP contribution in [0.15, 0.2) is 48.5 Å². The van der Waals surface area contributed by atoms with E-state index < -0.39 is 12.1 Å². The van der Waals surface area contributed by atoms with E-state index in [-0.39, 0.29) is 6.61 Å². The molecule has 0 spiro atoms. The van der Waals surface area contributed by atoms with Gasteiger partial charge in [-0.3, -0.25) is 4.79 Å². The SMILES string of the molecule is O=[C][C@H](Cc1ccccc1)NC(=O)OCc1ccc(Cl)c(Cl)c1. The van der Waals surface area contributed by atoms with Crippen LogP contribution in [-0.4, -0.2) is 18.4 Å². The highest BCUT2D eigenvalue weighted by atomic mass is 35.5. The van der Waals surface area contributed by atoms with Gasteiger partial charge in [-0.2, -0.15) is 0 Å². The van der Waals surface area contributed by atoms with Crippen molar-refractivity contribution in [1.82, 2.24) is 5.32 Å². The molecule has 0 fully saturated rings. The number of alkyl carbamates (subject to hydrolysis) is 1. The van der Waals surface area contributed by atoms with Crippen LogP contribution >= 0.6 is 23.2 Å². The molecule has 23 heavy (non-hydrogen) atoms. The molecule has 6 heteroatoms. The third kappa shape index (κ3) is 5.58. The summed E-state index contributed by atoms with van der Waals surface area (Å²) < 4.78 is 5.06. The van der Waals surface area contributed by atoms with Gasteiger partial charge >= 0.3 is 6.09 Å². The topological polar surface area (TPSA) is 55.4 Å². The van der Waals surface area contributed by atoms with E-state index in [1.807, 2.05) is 30.3 Å². The molecule has 0 aliphatic heterocycles. The zero-order chi connectivity index (χ0) is 16.7. The van der Waals surface area contributed by atoms with Crippen LogP contribution in [0.3, 0.4) is 0 Å². The van der Waals surface area contributed by atoms with E-state index in [2.05, 4.69) is 5.32 Å². The highest BCUT2D eigenvalue weighted by Crippen LogP contribution is 2.22. The lowest BCUT2D eigenvalue weighted by molar-refractivity contribution is 0.138. The number of hydrogen-bond donors (Lipinski definition) is 1. The van der Waals surface area contributed by atoms with Crippen LogP contribution < -0.4 is 5.32 Å². The first-order valence-electron chi connectivity index (χ1n) is 6.87. The number of carbonyl (C=O) groups is 1. The van der Waals surface area contributed by atoms with Crippen molar-refractivity contribution in [2.75, 3.05) is 0 Å². The molecule has 1 atom stereocenters. The zero-order valence-electron chi connectivity index (χ0n) is 12.1. The largest absolute Gasteiger partial charge is 0.445 e. The van der Waals surface area contributed by atoms with Crippen molar-refractivity contribution in [3.63, 3.8) is 0 Å². The second-order valence-electron chi connectivity index (χ2n) is 4.83. The Kier molecular flexibility index (Phi) is 6.44. The molecule has 0 aliphatic carbocycles. The van der Waals surface area contributed by atoms with Gasteiger partial charge in [-0.25, -0.2) is 4.79 Å². The molecule has 2 rings (SSSR count). The molecular weight excluding hydrogens is 337 g/mol. The zero-order valence-corrected chi connectivity index (χ0v) is 13.6. The number of ether oxygens (including phenoxy) is 1. The number of benzene rings is 2. The van der Waals surface area contributed by atoms with Gasteiger partial charge in [0.15, 0.2) is 0 Å². The molecule has 1 radical (unpaired) electrons. The summed E-state index contributed by atoms with van der Waals surface area (Å²) in [7, 11) is 0. The maximum Gasteiger partial charge on any atom is 0.408 e. The fourth-order valence-electron chi connectivity index (χ4n) is 1.93. The highest BCUT2D eigenvalue weighted by Gasteiger charge is 2.14. The Labute approximate surface area is 144 Å². The summed E-state index contributed by atoms with van der Waals surface area (Å²) in [5.41, 5.74) is 1.62. The third-order valence-corrected chi connectivity index (χ3v) is 3.81. The smallest absolute Gasteiger partial charge is 0.408 e. The van der Waals surface area contributed by atoms with Crippen molar-refractivity contribution < 1.29 is 14.3 Å². The summed E-state index contributed by atoms with van der Waals surface area (Å²) in [4.78, 5) is 22.7. The third-order valence-electron chi connectivity index (χ3n) is 3.07. The van der Waals surface area contributed by atoms with E-state index in [9.17, 15) is 9.59 Å². The van der Waals surface area contributed by atoms with Crippen LogP contribution in [0.4, 0.5) is 4.79 Å². The molecule has 0 aliphatic rings. The van der Waals surface area contributed by atoms with Crippen LogP contribution in [-0.2, 0) is 22.6 Å². The van der Waals surface area contributed by atoms with E-state index in [0.717, 1.165) is 5.56 Å². The minimum Gasteiger partial charge on any atom is -0.445 e. The van der Waals surface area contributed by atoms with Gasteiger partial charge < -0.3 is 10.1 Å². The van der Waals surface area contributed by atoms with Gasteiger partial charge in [0.1, 0.15) is 12.6 Å². The number of hydrogen-bond acceptors (Lipinski definition) is 3. The number of nitrogens with one attached hydrogen (secondary N) is 1. The standard InChI is InChI=1S/C17H14Cl2NO3/c18-15-7-6-13(9-16(15)19)11-23-17(22)20-14(10-21)8-12-4-2-1-3-5-12/h1-7,9,14H,8,11H2,(H,20,22)/t14-/m0/s1. The predicted octanol–water partition coefficient (Wildman–Crippen LogP) is 3.94. The van der Waals surface area contributed by atoms with Gasteiger partial charge in [-0.05, 0) is 23.3 Å². The second kappa shape index (κ2) is 8.56. The monoisotopic (exact) mass is 350 g/mol. The van der Waals surface area contributed by atoms with E-state index >= 15 is 0 Å². The number of halogens is 2. The quantitative estimate of drug-likeness (QED) is 0.858. The molecule has 0 unspecified atom stereocenters. The average molecular weight is 351 g/mol. The van der Waals surface area contributed by atoms with Crippen LogP contribution in [0.2, 0.25) is 10.0 Å². The van der Waals surface area contributed by atoms with Gasteiger partial charge in [-0.15, -0.1) is 0 Å². The van der Waals surface area contributed by atoms with Gasteiger partial charge in [0.25, 0.3) is 0 Å². The van der Waals surface area contributed by atoms with Crippen molar-refractivity contribution in [3.05, 3.63) is 69.7 Å².